The van der Waals surface area contributed by atoms with Crippen molar-refractivity contribution in [2.45, 2.75) is 44.6 Å². The van der Waals surface area contributed by atoms with Gasteiger partial charge >= 0.3 is 0 Å². The lowest BCUT2D eigenvalue weighted by Gasteiger charge is -2.27. The van der Waals surface area contributed by atoms with Gasteiger partial charge in [0.2, 0.25) is 0 Å². The number of carbonyl (C=O) groups excluding carboxylic acids is 1. The van der Waals surface area contributed by atoms with Gasteiger partial charge in [0.1, 0.15) is 5.78 Å². The first kappa shape index (κ1) is 8.24. The van der Waals surface area contributed by atoms with Crippen LogP contribution in [0.25, 0.3) is 0 Å². The molecule has 0 N–H and O–H groups in total. The smallest absolute Gasteiger partial charge is 0.141 e. The number of rotatable bonds is 1. The minimum absolute atomic E-state index is 0.0469. The van der Waals surface area contributed by atoms with E-state index in [4.69, 9.17) is 4.74 Å². The minimum Gasteiger partial charge on any atom is -0.380 e. The maximum atomic E-state index is 11.7. The quantitative estimate of drug-likeness (QED) is 0.598. The van der Waals surface area contributed by atoms with Gasteiger partial charge in [-0.2, -0.15) is 0 Å². The summed E-state index contributed by atoms with van der Waals surface area (Å²) in [4.78, 5) is 11.7. The summed E-state index contributed by atoms with van der Waals surface area (Å²) in [5.41, 5.74) is -0.0469. The summed E-state index contributed by atoms with van der Waals surface area (Å²) in [5, 5.41) is 0. The zero-order chi connectivity index (χ0) is 8.60. The molecule has 2 atom stereocenters. The van der Waals surface area contributed by atoms with Gasteiger partial charge in [-0.3, -0.25) is 4.79 Å². The van der Waals surface area contributed by atoms with Crippen molar-refractivity contribution < 1.29 is 9.53 Å². The number of hydrogen-bond acceptors (Lipinski definition) is 2. The van der Waals surface area contributed by atoms with E-state index < -0.39 is 0 Å². The average Bonchev–Trinajstić information content (AvgIpc) is 2.62. The molecule has 0 saturated heterocycles. The monoisotopic (exact) mass is 168 g/mol. The van der Waals surface area contributed by atoms with Gasteiger partial charge in [-0.1, -0.05) is 0 Å². The molecule has 2 heteroatoms. The first-order chi connectivity index (χ1) is 5.79. The lowest BCUT2D eigenvalue weighted by Crippen LogP contribution is -2.35. The number of ether oxygens (including phenoxy) is 1. The summed E-state index contributed by atoms with van der Waals surface area (Å²) >= 11 is 0. The molecule has 68 valence electrons. The van der Waals surface area contributed by atoms with Crippen LogP contribution in [0, 0.1) is 5.41 Å². The molecule has 1 spiro atoms. The Kier molecular flexibility index (Phi) is 1.95. The Balaban J connectivity index is 2.22. The molecule has 0 aromatic heterocycles. The zero-order valence-corrected chi connectivity index (χ0v) is 7.64. The fourth-order valence-electron chi connectivity index (χ4n) is 2.94. The van der Waals surface area contributed by atoms with E-state index in [9.17, 15) is 4.79 Å². The molecule has 2 aliphatic carbocycles. The van der Waals surface area contributed by atoms with Gasteiger partial charge in [0, 0.05) is 13.5 Å². The molecule has 0 amide bonds. The first-order valence-corrected chi connectivity index (χ1v) is 4.86. The summed E-state index contributed by atoms with van der Waals surface area (Å²) in [6.07, 6.45) is 6.51. The molecule has 2 rings (SSSR count). The molecular weight excluding hydrogens is 152 g/mol. The lowest BCUT2D eigenvalue weighted by molar-refractivity contribution is -0.131. The standard InChI is InChI=1S/C10H16O2/c1-12-9-5-3-7-10(9)6-2-4-8(10)11/h9H,2-7H2,1H3/t9-,10+/m0/s1. The Bertz CT molecular complexity index is 196. The Labute approximate surface area is 73.3 Å². The van der Waals surface area contributed by atoms with Crippen LogP contribution in [0.4, 0.5) is 0 Å². The van der Waals surface area contributed by atoms with Crippen molar-refractivity contribution in [1.29, 1.82) is 0 Å². The number of Topliss-reactive ketones (excluding diaryl/α,β-unsaturated/α-hetero) is 1. The molecule has 0 radical (unpaired) electrons. The fourth-order valence-corrected chi connectivity index (χ4v) is 2.94. The highest BCUT2D eigenvalue weighted by Crippen LogP contribution is 2.49. The molecule has 2 nitrogen and oxygen atoms in total. The molecule has 12 heavy (non-hydrogen) atoms. The third kappa shape index (κ3) is 0.939. The third-order valence-electron chi connectivity index (χ3n) is 3.57. The van der Waals surface area contributed by atoms with Crippen LogP contribution in [0.5, 0.6) is 0 Å². The van der Waals surface area contributed by atoms with Gasteiger partial charge in [-0.15, -0.1) is 0 Å². The lowest BCUT2D eigenvalue weighted by atomic mass is 9.81. The SMILES string of the molecule is CO[C@H]1CCC[C@@]12CCCC2=O. The largest absolute Gasteiger partial charge is 0.380 e. The Morgan fingerprint density at radius 3 is 2.75 bits per heavy atom. The van der Waals surface area contributed by atoms with E-state index in [0.29, 0.717) is 5.78 Å². The van der Waals surface area contributed by atoms with Crippen molar-refractivity contribution in [1.82, 2.24) is 0 Å². The Morgan fingerprint density at radius 2 is 2.17 bits per heavy atom. The van der Waals surface area contributed by atoms with E-state index in [2.05, 4.69) is 0 Å². The van der Waals surface area contributed by atoms with Crippen LogP contribution >= 0.6 is 0 Å². The minimum atomic E-state index is -0.0469. The van der Waals surface area contributed by atoms with E-state index in [0.717, 1.165) is 32.1 Å². The van der Waals surface area contributed by atoms with Crippen molar-refractivity contribution in [3.8, 4) is 0 Å². The molecule has 0 bridgehead atoms. The normalized spacial score (nSPS) is 41.4. The molecule has 2 fully saturated rings. The van der Waals surface area contributed by atoms with Crippen molar-refractivity contribution in [3.05, 3.63) is 0 Å². The van der Waals surface area contributed by atoms with Gasteiger partial charge < -0.3 is 4.74 Å². The van der Waals surface area contributed by atoms with Crippen LogP contribution in [0.15, 0.2) is 0 Å². The van der Waals surface area contributed by atoms with Crippen LogP contribution in [-0.2, 0) is 9.53 Å². The molecule has 0 heterocycles. The number of hydrogen-bond donors (Lipinski definition) is 0. The van der Waals surface area contributed by atoms with E-state index in [1.807, 2.05) is 0 Å². The predicted molar refractivity (Wildman–Crippen MR) is 45.9 cm³/mol. The highest BCUT2D eigenvalue weighted by Gasteiger charge is 2.50. The molecule has 0 aromatic carbocycles. The molecule has 0 unspecified atom stereocenters. The first-order valence-electron chi connectivity index (χ1n) is 4.86. The second-order valence-electron chi connectivity index (χ2n) is 4.05. The van der Waals surface area contributed by atoms with Crippen LogP contribution in [0.3, 0.4) is 0 Å². The third-order valence-corrected chi connectivity index (χ3v) is 3.57. The maximum Gasteiger partial charge on any atom is 0.141 e. The second kappa shape index (κ2) is 2.84. The van der Waals surface area contributed by atoms with E-state index in [1.165, 1.54) is 6.42 Å². The Hall–Kier alpha value is -0.370. The summed E-state index contributed by atoms with van der Waals surface area (Å²) in [5.74, 6) is 0.465. The summed E-state index contributed by atoms with van der Waals surface area (Å²) in [7, 11) is 1.74. The van der Waals surface area contributed by atoms with E-state index in [-0.39, 0.29) is 11.5 Å². The molecule has 0 aliphatic heterocycles. The number of ketones is 1. The average molecular weight is 168 g/mol. The molecular formula is C10H16O2. The predicted octanol–water partition coefficient (Wildman–Crippen LogP) is 1.92. The highest BCUT2D eigenvalue weighted by atomic mass is 16.5. The number of methoxy groups -OCH3 is 1. The Morgan fingerprint density at radius 1 is 1.42 bits per heavy atom. The van der Waals surface area contributed by atoms with Gasteiger partial charge in [0.05, 0.1) is 11.5 Å². The van der Waals surface area contributed by atoms with Gasteiger partial charge in [0.25, 0.3) is 0 Å². The zero-order valence-electron chi connectivity index (χ0n) is 7.64. The second-order valence-corrected chi connectivity index (χ2v) is 4.05. The van der Waals surface area contributed by atoms with Crippen molar-refractivity contribution >= 4 is 5.78 Å². The molecule has 2 saturated carbocycles. The van der Waals surface area contributed by atoms with Crippen LogP contribution < -0.4 is 0 Å². The number of carbonyl (C=O) groups is 1. The molecule has 0 aromatic rings. The van der Waals surface area contributed by atoms with Gasteiger partial charge in [0.15, 0.2) is 0 Å². The van der Waals surface area contributed by atoms with Crippen molar-refractivity contribution in [3.63, 3.8) is 0 Å². The molecule has 2 aliphatic rings. The van der Waals surface area contributed by atoms with Gasteiger partial charge in [-0.25, -0.2) is 0 Å². The summed E-state index contributed by atoms with van der Waals surface area (Å²) < 4.78 is 5.40. The fraction of sp³-hybridized carbons (Fsp3) is 0.900. The topological polar surface area (TPSA) is 26.3 Å². The van der Waals surface area contributed by atoms with Crippen molar-refractivity contribution in [2.75, 3.05) is 7.11 Å². The van der Waals surface area contributed by atoms with E-state index in [1.54, 1.807) is 7.11 Å². The van der Waals surface area contributed by atoms with Crippen LogP contribution in [0.1, 0.15) is 38.5 Å². The summed E-state index contributed by atoms with van der Waals surface area (Å²) in [6.45, 7) is 0. The van der Waals surface area contributed by atoms with Gasteiger partial charge in [-0.05, 0) is 32.1 Å². The summed E-state index contributed by atoms with van der Waals surface area (Å²) in [6, 6.07) is 0. The van der Waals surface area contributed by atoms with Crippen LogP contribution in [0.2, 0.25) is 0 Å². The van der Waals surface area contributed by atoms with E-state index >= 15 is 0 Å². The van der Waals surface area contributed by atoms with Crippen LogP contribution in [-0.4, -0.2) is 19.0 Å². The maximum absolute atomic E-state index is 11.7. The van der Waals surface area contributed by atoms with Crippen molar-refractivity contribution in [2.24, 2.45) is 5.41 Å². The highest BCUT2D eigenvalue weighted by molar-refractivity contribution is 5.87.